The zero-order valence-electron chi connectivity index (χ0n) is 11.8. The van der Waals surface area contributed by atoms with Gasteiger partial charge in [-0.1, -0.05) is 18.6 Å². The predicted octanol–water partition coefficient (Wildman–Crippen LogP) is 1.49. The van der Waals surface area contributed by atoms with Crippen LogP contribution in [-0.4, -0.2) is 36.3 Å². The Morgan fingerprint density at radius 3 is 2.67 bits per heavy atom. The minimum Gasteiger partial charge on any atom is -0.329 e. The summed E-state index contributed by atoms with van der Waals surface area (Å²) in [5.41, 5.74) is 5.29. The SMILES string of the molecule is CC1CCCC(CN)N1S(=O)(=O)c1ccccc1[N+](=O)[O-]. The molecule has 0 bridgehead atoms. The van der Waals surface area contributed by atoms with E-state index >= 15 is 0 Å². The number of para-hydroxylation sites is 1. The summed E-state index contributed by atoms with van der Waals surface area (Å²) in [5, 5.41) is 11.1. The molecule has 0 radical (unpaired) electrons. The number of hydrogen-bond acceptors (Lipinski definition) is 5. The molecule has 1 aromatic rings. The normalized spacial score (nSPS) is 23.9. The number of nitrogens with two attached hydrogens (primary N) is 1. The summed E-state index contributed by atoms with van der Waals surface area (Å²) in [5.74, 6) is 0. The average molecular weight is 313 g/mol. The first-order valence-corrected chi connectivity index (χ1v) is 8.30. The Balaban J connectivity index is 2.53. The van der Waals surface area contributed by atoms with Crippen LogP contribution in [0.1, 0.15) is 26.2 Å². The third-order valence-electron chi connectivity index (χ3n) is 3.84. The molecule has 2 unspecified atom stereocenters. The summed E-state index contributed by atoms with van der Waals surface area (Å²) < 4.78 is 27.1. The highest BCUT2D eigenvalue weighted by molar-refractivity contribution is 7.89. The fourth-order valence-electron chi connectivity index (χ4n) is 2.86. The first-order valence-electron chi connectivity index (χ1n) is 6.86. The molecule has 1 heterocycles. The van der Waals surface area contributed by atoms with E-state index in [1.807, 2.05) is 6.92 Å². The molecule has 8 heteroatoms. The number of nitro groups is 1. The van der Waals surface area contributed by atoms with Crippen LogP contribution in [0.5, 0.6) is 0 Å². The standard InChI is InChI=1S/C13H19N3O4S/c1-10-5-4-6-11(9-14)15(10)21(19,20)13-8-3-2-7-12(13)16(17)18/h2-3,7-8,10-11H,4-6,9,14H2,1H3. The molecule has 0 spiro atoms. The van der Waals surface area contributed by atoms with Crippen LogP contribution >= 0.6 is 0 Å². The van der Waals surface area contributed by atoms with Crippen molar-refractivity contribution in [3.05, 3.63) is 34.4 Å². The zero-order valence-corrected chi connectivity index (χ0v) is 12.6. The number of hydrogen-bond donors (Lipinski definition) is 1. The fourth-order valence-corrected chi connectivity index (χ4v) is 4.91. The van der Waals surface area contributed by atoms with E-state index in [4.69, 9.17) is 5.73 Å². The van der Waals surface area contributed by atoms with Gasteiger partial charge >= 0.3 is 0 Å². The van der Waals surface area contributed by atoms with Crippen LogP contribution in [0.4, 0.5) is 5.69 Å². The molecule has 0 aromatic heterocycles. The van der Waals surface area contributed by atoms with Crippen molar-refractivity contribution in [1.82, 2.24) is 4.31 Å². The van der Waals surface area contributed by atoms with Crippen molar-refractivity contribution < 1.29 is 13.3 Å². The minimum atomic E-state index is -3.94. The Kier molecular flexibility index (Phi) is 4.60. The van der Waals surface area contributed by atoms with Gasteiger partial charge in [-0.2, -0.15) is 4.31 Å². The number of nitrogens with zero attached hydrogens (tertiary/aromatic N) is 2. The molecule has 0 aliphatic carbocycles. The lowest BCUT2D eigenvalue weighted by Gasteiger charge is -2.38. The fraction of sp³-hybridized carbons (Fsp3) is 0.538. The van der Waals surface area contributed by atoms with Crippen molar-refractivity contribution in [2.45, 2.75) is 43.2 Å². The van der Waals surface area contributed by atoms with Crippen LogP contribution in [-0.2, 0) is 10.0 Å². The van der Waals surface area contributed by atoms with Crippen molar-refractivity contribution in [2.75, 3.05) is 6.54 Å². The summed E-state index contributed by atoms with van der Waals surface area (Å²) in [6.45, 7) is 2.03. The maximum atomic E-state index is 12.9. The summed E-state index contributed by atoms with van der Waals surface area (Å²) in [6.07, 6.45) is 2.32. The Labute approximate surface area is 123 Å². The second-order valence-corrected chi connectivity index (χ2v) is 7.04. The molecule has 0 amide bonds. The van der Waals surface area contributed by atoms with E-state index in [1.54, 1.807) is 0 Å². The third-order valence-corrected chi connectivity index (χ3v) is 5.96. The maximum absolute atomic E-state index is 12.9. The van der Waals surface area contributed by atoms with Crippen LogP contribution in [0.25, 0.3) is 0 Å². The molecule has 116 valence electrons. The lowest BCUT2D eigenvalue weighted by molar-refractivity contribution is -0.387. The van der Waals surface area contributed by atoms with Crippen molar-refractivity contribution in [3.63, 3.8) is 0 Å². The minimum absolute atomic E-state index is 0.211. The molecule has 21 heavy (non-hydrogen) atoms. The highest BCUT2D eigenvalue weighted by Gasteiger charge is 2.40. The van der Waals surface area contributed by atoms with E-state index in [1.165, 1.54) is 28.6 Å². The smallest absolute Gasteiger partial charge is 0.289 e. The zero-order chi connectivity index (χ0) is 15.6. The van der Waals surface area contributed by atoms with Gasteiger partial charge in [0.25, 0.3) is 5.69 Å². The highest BCUT2D eigenvalue weighted by atomic mass is 32.2. The Hall–Kier alpha value is -1.51. The summed E-state index contributed by atoms with van der Waals surface area (Å²) in [4.78, 5) is 10.2. The Morgan fingerprint density at radius 1 is 1.38 bits per heavy atom. The third kappa shape index (κ3) is 2.92. The largest absolute Gasteiger partial charge is 0.329 e. The van der Waals surface area contributed by atoms with E-state index in [2.05, 4.69) is 0 Å². The molecule has 2 rings (SSSR count). The van der Waals surface area contributed by atoms with E-state index in [9.17, 15) is 18.5 Å². The van der Waals surface area contributed by atoms with Crippen molar-refractivity contribution in [2.24, 2.45) is 5.73 Å². The Bertz CT molecular complexity index is 632. The maximum Gasteiger partial charge on any atom is 0.289 e. The molecule has 0 saturated carbocycles. The van der Waals surface area contributed by atoms with E-state index in [0.717, 1.165) is 12.8 Å². The molecule has 2 N–H and O–H groups in total. The van der Waals surface area contributed by atoms with Crippen LogP contribution in [0, 0.1) is 10.1 Å². The van der Waals surface area contributed by atoms with Crippen molar-refractivity contribution in [1.29, 1.82) is 0 Å². The van der Waals surface area contributed by atoms with Gasteiger partial charge < -0.3 is 5.73 Å². The van der Waals surface area contributed by atoms with Gasteiger partial charge in [0.2, 0.25) is 10.0 Å². The van der Waals surface area contributed by atoms with E-state index in [-0.39, 0.29) is 23.5 Å². The van der Waals surface area contributed by atoms with Crippen molar-refractivity contribution in [3.8, 4) is 0 Å². The number of benzene rings is 1. The van der Waals surface area contributed by atoms with Gasteiger partial charge in [-0.25, -0.2) is 8.42 Å². The van der Waals surface area contributed by atoms with Crippen LogP contribution in [0.3, 0.4) is 0 Å². The van der Waals surface area contributed by atoms with Crippen LogP contribution < -0.4 is 5.73 Å². The summed E-state index contributed by atoms with van der Waals surface area (Å²) in [7, 11) is -3.94. The molecule has 1 aromatic carbocycles. The second-order valence-electron chi connectivity index (χ2n) is 5.23. The van der Waals surface area contributed by atoms with Crippen LogP contribution in [0.2, 0.25) is 0 Å². The predicted molar refractivity (Wildman–Crippen MR) is 78.3 cm³/mol. The first-order chi connectivity index (χ1) is 9.89. The van der Waals surface area contributed by atoms with E-state index < -0.39 is 20.6 Å². The van der Waals surface area contributed by atoms with Gasteiger partial charge in [-0.3, -0.25) is 10.1 Å². The van der Waals surface area contributed by atoms with Gasteiger partial charge in [-0.05, 0) is 25.8 Å². The second kappa shape index (κ2) is 6.08. The van der Waals surface area contributed by atoms with Gasteiger partial charge in [0.15, 0.2) is 4.90 Å². The summed E-state index contributed by atoms with van der Waals surface area (Å²) >= 11 is 0. The quantitative estimate of drug-likeness (QED) is 0.669. The van der Waals surface area contributed by atoms with Gasteiger partial charge in [0.05, 0.1) is 4.92 Å². The molecule has 1 saturated heterocycles. The molecule has 1 aliphatic rings. The Morgan fingerprint density at radius 2 is 2.05 bits per heavy atom. The molecule has 1 aliphatic heterocycles. The van der Waals surface area contributed by atoms with Gasteiger partial charge in [-0.15, -0.1) is 0 Å². The van der Waals surface area contributed by atoms with Crippen LogP contribution in [0.15, 0.2) is 29.2 Å². The van der Waals surface area contributed by atoms with Gasteiger partial charge in [0.1, 0.15) is 0 Å². The molecule has 2 atom stereocenters. The number of nitro benzene ring substituents is 1. The molecular weight excluding hydrogens is 294 g/mol. The molecular formula is C13H19N3O4S. The highest BCUT2D eigenvalue weighted by Crippen LogP contribution is 2.33. The molecule has 7 nitrogen and oxygen atoms in total. The topological polar surface area (TPSA) is 107 Å². The number of rotatable bonds is 4. The van der Waals surface area contributed by atoms with E-state index in [0.29, 0.717) is 6.42 Å². The summed E-state index contributed by atoms with van der Waals surface area (Å²) in [6, 6.07) is 4.92. The average Bonchev–Trinajstić information content (AvgIpc) is 2.46. The van der Waals surface area contributed by atoms with Gasteiger partial charge in [0, 0.05) is 24.7 Å². The number of sulfonamides is 1. The lowest BCUT2D eigenvalue weighted by atomic mass is 10.00. The number of piperidine rings is 1. The monoisotopic (exact) mass is 313 g/mol. The first kappa shape index (κ1) is 15.9. The lowest BCUT2D eigenvalue weighted by Crippen LogP contribution is -2.51. The molecule has 1 fully saturated rings. The van der Waals surface area contributed by atoms with Crippen molar-refractivity contribution >= 4 is 15.7 Å².